The van der Waals surface area contributed by atoms with Gasteiger partial charge in [-0.15, -0.1) is 0 Å². The smallest absolute Gasteiger partial charge is 0.316 e. The number of esters is 1. The van der Waals surface area contributed by atoms with Gasteiger partial charge in [-0.05, 0) is 49.1 Å². The van der Waals surface area contributed by atoms with Crippen LogP contribution >= 0.6 is 0 Å². The maximum absolute atomic E-state index is 12.5. The maximum Gasteiger partial charge on any atom is 0.316 e. The molecule has 0 spiro atoms. The molecule has 1 aliphatic carbocycles. The Labute approximate surface area is 145 Å². The van der Waals surface area contributed by atoms with Crippen LogP contribution in [0, 0.1) is 17.8 Å². The van der Waals surface area contributed by atoms with Crippen molar-refractivity contribution >= 4 is 11.8 Å². The minimum atomic E-state index is -0.589. The summed E-state index contributed by atoms with van der Waals surface area (Å²) in [6, 6.07) is 8.44. The molecule has 24 heavy (non-hydrogen) atoms. The predicted molar refractivity (Wildman–Crippen MR) is 95.8 cm³/mol. The molecule has 0 aliphatic heterocycles. The number of Topliss-reactive ketones (excluding diaryl/α,β-unsaturated/α-hetero) is 1. The number of rotatable bonds is 4. The third-order valence-corrected chi connectivity index (χ3v) is 4.98. The highest BCUT2D eigenvalue weighted by atomic mass is 16.5. The molecule has 1 aromatic rings. The van der Waals surface area contributed by atoms with Crippen LogP contribution in [0.25, 0.3) is 0 Å². The van der Waals surface area contributed by atoms with Gasteiger partial charge in [0.15, 0.2) is 0 Å². The Hall–Kier alpha value is -1.64. The maximum atomic E-state index is 12.5. The molecule has 3 atom stereocenters. The van der Waals surface area contributed by atoms with Crippen LogP contribution in [0.4, 0.5) is 0 Å². The number of benzene rings is 1. The highest BCUT2D eigenvalue weighted by molar-refractivity contribution is 6.01. The number of ether oxygens (including phenoxy) is 1. The van der Waals surface area contributed by atoms with Gasteiger partial charge in [0.2, 0.25) is 0 Å². The molecule has 0 bridgehead atoms. The van der Waals surface area contributed by atoms with Gasteiger partial charge >= 0.3 is 5.97 Å². The number of hydrogen-bond donors (Lipinski definition) is 0. The van der Waals surface area contributed by atoms with Gasteiger partial charge in [0.05, 0.1) is 6.10 Å². The van der Waals surface area contributed by atoms with Crippen molar-refractivity contribution in [1.29, 1.82) is 0 Å². The summed E-state index contributed by atoms with van der Waals surface area (Å²) < 4.78 is 5.27. The number of ketones is 1. The van der Waals surface area contributed by atoms with Crippen LogP contribution in [0.3, 0.4) is 0 Å². The molecule has 0 amide bonds. The third-order valence-electron chi connectivity index (χ3n) is 4.98. The monoisotopic (exact) mass is 330 g/mol. The second-order valence-corrected chi connectivity index (χ2v) is 8.34. The lowest BCUT2D eigenvalue weighted by Crippen LogP contribution is -2.25. The molecular weight excluding hydrogens is 300 g/mol. The van der Waals surface area contributed by atoms with Gasteiger partial charge in [-0.3, -0.25) is 9.59 Å². The van der Waals surface area contributed by atoms with Crippen molar-refractivity contribution in [2.75, 3.05) is 0 Å². The van der Waals surface area contributed by atoms with Gasteiger partial charge in [-0.25, -0.2) is 0 Å². The summed E-state index contributed by atoms with van der Waals surface area (Å²) in [5.74, 6) is -0.796. The van der Waals surface area contributed by atoms with Crippen LogP contribution in [-0.4, -0.2) is 17.9 Å². The van der Waals surface area contributed by atoms with Crippen LogP contribution in [0.2, 0.25) is 0 Å². The van der Waals surface area contributed by atoms with Crippen LogP contribution in [-0.2, 0) is 26.2 Å². The molecule has 2 rings (SSSR count). The minimum Gasteiger partial charge on any atom is -0.462 e. The van der Waals surface area contributed by atoms with Crippen LogP contribution < -0.4 is 0 Å². The van der Waals surface area contributed by atoms with E-state index in [1.54, 1.807) is 0 Å². The zero-order valence-electron chi connectivity index (χ0n) is 15.8. The van der Waals surface area contributed by atoms with E-state index in [4.69, 9.17) is 4.74 Å². The normalized spacial score (nSPS) is 24.5. The van der Waals surface area contributed by atoms with E-state index >= 15 is 0 Å². The summed E-state index contributed by atoms with van der Waals surface area (Å²) in [6.45, 7) is 12.2. The summed E-state index contributed by atoms with van der Waals surface area (Å²) in [6.07, 6.45) is 1.26. The topological polar surface area (TPSA) is 43.4 Å². The summed E-state index contributed by atoms with van der Waals surface area (Å²) in [5.41, 5.74) is 2.67. The fraction of sp³-hybridized carbons (Fsp3) is 0.619. The molecule has 3 heteroatoms. The molecule has 132 valence electrons. The average Bonchev–Trinajstić information content (AvgIpc) is 2.74. The molecule has 3 nitrogen and oxygen atoms in total. The third kappa shape index (κ3) is 4.06. The zero-order valence-corrected chi connectivity index (χ0v) is 15.8. The standard InChI is InChI=1S/C21H30O3/c1-13(2)24-20(23)17-12-16(14(3)19(17)22)11-15-9-7-8-10-18(15)21(4,5)6/h7-10,13-14,16-17H,11-12H2,1-6H3. The second kappa shape index (κ2) is 7.08. The van der Waals surface area contributed by atoms with E-state index in [1.807, 2.05) is 20.8 Å². The van der Waals surface area contributed by atoms with E-state index in [0.29, 0.717) is 6.42 Å². The van der Waals surface area contributed by atoms with Gasteiger partial charge in [0.1, 0.15) is 11.7 Å². The van der Waals surface area contributed by atoms with E-state index in [2.05, 4.69) is 45.0 Å². The lowest BCUT2D eigenvalue weighted by Gasteiger charge is -2.25. The van der Waals surface area contributed by atoms with Crippen molar-refractivity contribution < 1.29 is 14.3 Å². The molecule has 1 aromatic carbocycles. The Balaban J connectivity index is 2.17. The summed E-state index contributed by atoms with van der Waals surface area (Å²) in [4.78, 5) is 24.7. The fourth-order valence-electron chi connectivity index (χ4n) is 3.67. The number of carbonyl (C=O) groups is 2. The molecule has 0 saturated heterocycles. The van der Waals surface area contributed by atoms with E-state index in [-0.39, 0.29) is 35.1 Å². The van der Waals surface area contributed by atoms with Crippen LogP contribution in [0.1, 0.15) is 59.1 Å². The van der Waals surface area contributed by atoms with Crippen molar-refractivity contribution in [3.8, 4) is 0 Å². The molecule has 1 aliphatic rings. The summed E-state index contributed by atoms with van der Waals surface area (Å²) >= 11 is 0. The van der Waals surface area contributed by atoms with Gasteiger partial charge in [-0.2, -0.15) is 0 Å². The predicted octanol–water partition coefficient (Wildman–Crippen LogP) is 4.32. The first kappa shape index (κ1) is 18.7. The molecule has 0 N–H and O–H groups in total. The highest BCUT2D eigenvalue weighted by Crippen LogP contribution is 2.38. The molecule has 0 heterocycles. The minimum absolute atomic E-state index is 0.0406. The highest BCUT2D eigenvalue weighted by Gasteiger charge is 2.44. The largest absolute Gasteiger partial charge is 0.462 e. The molecule has 0 aromatic heterocycles. The summed E-state index contributed by atoms with van der Waals surface area (Å²) in [5, 5.41) is 0. The molecule has 3 unspecified atom stereocenters. The van der Waals surface area contributed by atoms with Crippen molar-refractivity contribution in [3.05, 3.63) is 35.4 Å². The molecule has 0 radical (unpaired) electrons. The van der Waals surface area contributed by atoms with E-state index < -0.39 is 5.92 Å². The molecule has 1 fully saturated rings. The molecule has 1 saturated carbocycles. The SMILES string of the molecule is CC(C)OC(=O)C1CC(Cc2ccccc2C(C)(C)C)C(C)C1=O. The second-order valence-electron chi connectivity index (χ2n) is 8.34. The Bertz CT molecular complexity index is 610. The Morgan fingerprint density at radius 2 is 1.88 bits per heavy atom. The van der Waals surface area contributed by atoms with Crippen molar-refractivity contribution in [3.63, 3.8) is 0 Å². The molecular formula is C21H30O3. The number of hydrogen-bond acceptors (Lipinski definition) is 3. The lowest BCUT2D eigenvalue weighted by molar-refractivity contribution is -0.154. The van der Waals surface area contributed by atoms with Crippen molar-refractivity contribution in [2.45, 2.75) is 65.9 Å². The van der Waals surface area contributed by atoms with Crippen molar-refractivity contribution in [1.82, 2.24) is 0 Å². The van der Waals surface area contributed by atoms with E-state index in [0.717, 1.165) is 6.42 Å². The van der Waals surface area contributed by atoms with Gasteiger partial charge in [0, 0.05) is 5.92 Å². The van der Waals surface area contributed by atoms with E-state index in [9.17, 15) is 9.59 Å². The Morgan fingerprint density at radius 1 is 1.25 bits per heavy atom. The van der Waals surface area contributed by atoms with Crippen molar-refractivity contribution in [2.24, 2.45) is 17.8 Å². The van der Waals surface area contributed by atoms with Gasteiger partial charge in [-0.1, -0.05) is 52.0 Å². The zero-order chi connectivity index (χ0) is 18.1. The van der Waals surface area contributed by atoms with Gasteiger partial charge in [0.25, 0.3) is 0 Å². The first-order valence-electron chi connectivity index (χ1n) is 8.94. The van der Waals surface area contributed by atoms with Gasteiger partial charge < -0.3 is 4.74 Å². The average molecular weight is 330 g/mol. The quantitative estimate of drug-likeness (QED) is 0.610. The Morgan fingerprint density at radius 3 is 2.46 bits per heavy atom. The Kier molecular flexibility index (Phi) is 5.52. The van der Waals surface area contributed by atoms with Crippen LogP contribution in [0.15, 0.2) is 24.3 Å². The number of carbonyl (C=O) groups excluding carboxylic acids is 2. The summed E-state index contributed by atoms with van der Waals surface area (Å²) in [7, 11) is 0. The fourth-order valence-corrected chi connectivity index (χ4v) is 3.67. The first-order chi connectivity index (χ1) is 11.1. The van der Waals surface area contributed by atoms with E-state index in [1.165, 1.54) is 11.1 Å². The first-order valence-corrected chi connectivity index (χ1v) is 8.94. The lowest BCUT2D eigenvalue weighted by atomic mass is 9.80. The van der Waals surface area contributed by atoms with Crippen LogP contribution in [0.5, 0.6) is 0 Å².